The van der Waals surface area contributed by atoms with Gasteiger partial charge in [-0.25, -0.2) is 22.4 Å². The van der Waals surface area contributed by atoms with Crippen LogP contribution in [-0.2, 0) is 5.54 Å². The number of alkyl halides is 2. The summed E-state index contributed by atoms with van der Waals surface area (Å²) in [6.45, 7) is 2.18. The second-order valence-corrected chi connectivity index (χ2v) is 5.28. The number of nitrogens with zero attached hydrogens (tertiary/aromatic N) is 1. The Labute approximate surface area is 121 Å². The standard InChI is InChI=1S/C14H11F4NO3/c1-14(2,13(17)18)19-5-7(12(21)22)11(20)6-3-8(15)9(16)4-10(6)19/h3-5,13H,1-2H3,(H,21,22). The highest BCUT2D eigenvalue weighted by Gasteiger charge is 2.33. The van der Waals surface area contributed by atoms with Gasteiger partial charge in [-0.2, -0.15) is 0 Å². The predicted molar refractivity (Wildman–Crippen MR) is 70.4 cm³/mol. The fourth-order valence-electron chi connectivity index (χ4n) is 2.05. The van der Waals surface area contributed by atoms with E-state index < -0.39 is 45.9 Å². The molecule has 0 aliphatic heterocycles. The summed E-state index contributed by atoms with van der Waals surface area (Å²) in [4.78, 5) is 23.1. The van der Waals surface area contributed by atoms with Crippen molar-refractivity contribution in [3.63, 3.8) is 0 Å². The van der Waals surface area contributed by atoms with Crippen LogP contribution in [0.25, 0.3) is 10.9 Å². The number of carboxylic acids is 1. The Bertz CT molecular complexity index is 827. The highest BCUT2D eigenvalue weighted by Crippen LogP contribution is 2.29. The molecule has 0 spiro atoms. The zero-order valence-corrected chi connectivity index (χ0v) is 11.5. The van der Waals surface area contributed by atoms with E-state index in [1.807, 2.05) is 0 Å². The summed E-state index contributed by atoms with van der Waals surface area (Å²) in [5, 5.41) is 8.53. The molecule has 0 radical (unpaired) electrons. The van der Waals surface area contributed by atoms with Crippen LogP contribution in [0.4, 0.5) is 17.6 Å². The molecule has 118 valence electrons. The summed E-state index contributed by atoms with van der Waals surface area (Å²) in [6, 6.07) is 1.11. The molecule has 0 saturated heterocycles. The number of rotatable bonds is 3. The van der Waals surface area contributed by atoms with Gasteiger partial charge in [0.15, 0.2) is 11.6 Å². The number of aromatic carboxylic acids is 1. The third-order valence-electron chi connectivity index (χ3n) is 3.43. The first-order chi connectivity index (χ1) is 10.1. The lowest BCUT2D eigenvalue weighted by atomic mass is 10.0. The van der Waals surface area contributed by atoms with E-state index in [-0.39, 0.29) is 5.52 Å². The first-order valence-corrected chi connectivity index (χ1v) is 6.13. The topological polar surface area (TPSA) is 59.3 Å². The molecule has 0 fully saturated rings. The molecule has 0 aliphatic rings. The molecule has 1 N–H and O–H groups in total. The van der Waals surface area contributed by atoms with E-state index in [1.165, 1.54) is 0 Å². The van der Waals surface area contributed by atoms with Crippen molar-refractivity contribution in [3.05, 3.63) is 45.8 Å². The Balaban J connectivity index is 3.03. The van der Waals surface area contributed by atoms with Gasteiger partial charge in [0.1, 0.15) is 5.56 Å². The molecule has 4 nitrogen and oxygen atoms in total. The van der Waals surface area contributed by atoms with Crippen LogP contribution in [0.1, 0.15) is 24.2 Å². The van der Waals surface area contributed by atoms with Crippen LogP contribution in [0.3, 0.4) is 0 Å². The molecule has 0 unspecified atom stereocenters. The molecule has 0 amide bonds. The highest BCUT2D eigenvalue weighted by atomic mass is 19.3. The number of benzene rings is 1. The highest BCUT2D eigenvalue weighted by molar-refractivity contribution is 5.92. The maximum atomic E-state index is 13.4. The molecule has 22 heavy (non-hydrogen) atoms. The van der Waals surface area contributed by atoms with Crippen molar-refractivity contribution in [2.24, 2.45) is 0 Å². The third kappa shape index (κ3) is 2.34. The van der Waals surface area contributed by atoms with Crippen LogP contribution in [-0.4, -0.2) is 22.1 Å². The second-order valence-electron chi connectivity index (χ2n) is 5.28. The van der Waals surface area contributed by atoms with Crippen molar-refractivity contribution in [3.8, 4) is 0 Å². The number of hydrogen-bond donors (Lipinski definition) is 1. The lowest BCUT2D eigenvalue weighted by molar-refractivity contribution is 0.0297. The Morgan fingerprint density at radius 1 is 1.23 bits per heavy atom. The maximum Gasteiger partial charge on any atom is 0.341 e. The fourth-order valence-corrected chi connectivity index (χ4v) is 2.05. The lowest BCUT2D eigenvalue weighted by Gasteiger charge is -2.29. The van der Waals surface area contributed by atoms with E-state index in [0.29, 0.717) is 12.1 Å². The quantitative estimate of drug-likeness (QED) is 0.885. The first kappa shape index (κ1) is 16.0. The number of halogens is 4. The molecule has 0 saturated carbocycles. The summed E-state index contributed by atoms with van der Waals surface area (Å²) in [7, 11) is 0. The van der Waals surface area contributed by atoms with E-state index in [4.69, 9.17) is 5.11 Å². The molecular formula is C14H11F4NO3. The molecule has 1 aromatic heterocycles. The number of pyridine rings is 1. The molecule has 0 aliphatic carbocycles. The van der Waals surface area contributed by atoms with Crippen LogP contribution in [0.5, 0.6) is 0 Å². The summed E-state index contributed by atoms with van der Waals surface area (Å²) < 4.78 is 54.0. The molecule has 0 atom stereocenters. The van der Waals surface area contributed by atoms with Crippen LogP contribution in [0, 0.1) is 11.6 Å². The van der Waals surface area contributed by atoms with Gasteiger partial charge in [0.05, 0.1) is 11.1 Å². The van der Waals surface area contributed by atoms with Gasteiger partial charge in [0, 0.05) is 17.6 Å². The van der Waals surface area contributed by atoms with Gasteiger partial charge < -0.3 is 9.67 Å². The van der Waals surface area contributed by atoms with Gasteiger partial charge in [-0.1, -0.05) is 0 Å². The Morgan fingerprint density at radius 2 is 1.77 bits per heavy atom. The van der Waals surface area contributed by atoms with E-state index in [9.17, 15) is 27.2 Å². The number of hydrogen-bond acceptors (Lipinski definition) is 2. The minimum Gasteiger partial charge on any atom is -0.477 e. The largest absolute Gasteiger partial charge is 0.477 e. The number of carbonyl (C=O) groups is 1. The average molecular weight is 317 g/mol. The molecule has 8 heteroatoms. The van der Waals surface area contributed by atoms with Gasteiger partial charge in [-0.15, -0.1) is 0 Å². The van der Waals surface area contributed by atoms with E-state index in [1.54, 1.807) is 0 Å². The monoisotopic (exact) mass is 317 g/mol. The van der Waals surface area contributed by atoms with E-state index in [0.717, 1.165) is 24.6 Å². The maximum absolute atomic E-state index is 13.4. The number of carboxylic acid groups (broad SMARTS) is 1. The normalized spacial score (nSPS) is 12.1. The molecule has 1 heterocycles. The van der Waals surface area contributed by atoms with Crippen molar-refractivity contribution < 1.29 is 27.5 Å². The minimum atomic E-state index is -2.94. The van der Waals surface area contributed by atoms with Gasteiger partial charge in [-0.05, 0) is 19.9 Å². The van der Waals surface area contributed by atoms with Crippen molar-refractivity contribution >= 4 is 16.9 Å². The zero-order chi connectivity index (χ0) is 16.8. The van der Waals surface area contributed by atoms with E-state index in [2.05, 4.69) is 0 Å². The molecule has 2 rings (SSSR count). The molecule has 1 aromatic carbocycles. The summed E-state index contributed by atoms with van der Waals surface area (Å²) >= 11 is 0. The molecule has 2 aromatic rings. The van der Waals surface area contributed by atoms with Crippen LogP contribution < -0.4 is 5.43 Å². The van der Waals surface area contributed by atoms with E-state index >= 15 is 0 Å². The van der Waals surface area contributed by atoms with Crippen molar-refractivity contribution in [2.45, 2.75) is 25.8 Å². The summed E-state index contributed by atoms with van der Waals surface area (Å²) in [5.41, 5.74) is -4.10. The average Bonchev–Trinajstić information content (AvgIpc) is 2.40. The Morgan fingerprint density at radius 3 is 2.27 bits per heavy atom. The van der Waals surface area contributed by atoms with Gasteiger partial charge in [0.25, 0.3) is 6.43 Å². The minimum absolute atomic E-state index is 0.306. The third-order valence-corrected chi connectivity index (χ3v) is 3.43. The Kier molecular flexibility index (Phi) is 3.72. The smallest absolute Gasteiger partial charge is 0.341 e. The van der Waals surface area contributed by atoms with Crippen molar-refractivity contribution in [1.29, 1.82) is 0 Å². The van der Waals surface area contributed by atoms with Gasteiger partial charge in [0.2, 0.25) is 5.43 Å². The predicted octanol–water partition coefficient (Wildman–Crippen LogP) is 2.98. The lowest BCUT2D eigenvalue weighted by Crippen LogP contribution is -2.36. The van der Waals surface area contributed by atoms with Crippen molar-refractivity contribution in [2.75, 3.05) is 0 Å². The fraction of sp³-hybridized carbons (Fsp3) is 0.286. The molecule has 0 bridgehead atoms. The zero-order valence-electron chi connectivity index (χ0n) is 11.5. The molecular weight excluding hydrogens is 306 g/mol. The SMILES string of the molecule is CC(C)(C(F)F)n1cc(C(=O)O)c(=O)c2cc(F)c(F)cc21. The summed E-state index contributed by atoms with van der Waals surface area (Å²) in [5.74, 6) is -4.34. The number of aromatic nitrogens is 1. The van der Waals surface area contributed by atoms with Crippen LogP contribution >= 0.6 is 0 Å². The summed E-state index contributed by atoms with van der Waals surface area (Å²) in [6.07, 6.45) is -2.22. The van der Waals surface area contributed by atoms with Crippen LogP contribution in [0.2, 0.25) is 0 Å². The number of fused-ring (bicyclic) bond motifs is 1. The first-order valence-electron chi connectivity index (χ1n) is 6.13. The van der Waals surface area contributed by atoms with Crippen molar-refractivity contribution in [1.82, 2.24) is 4.57 Å². The van der Waals surface area contributed by atoms with Gasteiger partial charge >= 0.3 is 5.97 Å². The van der Waals surface area contributed by atoms with Gasteiger partial charge in [-0.3, -0.25) is 4.79 Å². The Hall–Kier alpha value is -2.38. The second kappa shape index (κ2) is 5.11. The van der Waals surface area contributed by atoms with Crippen LogP contribution in [0.15, 0.2) is 23.1 Å².